The quantitative estimate of drug-likeness (QED) is 0.871. The van der Waals surface area contributed by atoms with Crippen molar-refractivity contribution in [1.82, 2.24) is 9.88 Å². The average Bonchev–Trinajstić information content (AvgIpc) is 3.01. The van der Waals surface area contributed by atoms with Crippen molar-refractivity contribution in [1.29, 1.82) is 0 Å². The van der Waals surface area contributed by atoms with E-state index in [0.29, 0.717) is 17.8 Å². The van der Waals surface area contributed by atoms with Gasteiger partial charge in [-0.05, 0) is 31.0 Å². The van der Waals surface area contributed by atoms with Crippen molar-refractivity contribution >= 4 is 21.6 Å². The molecule has 1 aliphatic rings. The Hall–Kier alpha value is -2.41. The third kappa shape index (κ3) is 4.22. The Morgan fingerprint density at radius 1 is 1.27 bits per heavy atom. The summed E-state index contributed by atoms with van der Waals surface area (Å²) in [5, 5.41) is 3.30. The molecule has 0 aliphatic carbocycles. The standard InChI is InChI=1S/C19H23N3O3S/c1-14(15-6-4-3-5-7-15)21-18-12-16(8-10-20-18)19(23)22(2)17-9-11-26(24,25)13-17/h3-8,10,12,14,17H,9,11,13H2,1-2H3,(H,20,21). The maximum atomic E-state index is 12.7. The molecule has 3 rings (SSSR count). The Morgan fingerprint density at radius 3 is 2.65 bits per heavy atom. The summed E-state index contributed by atoms with van der Waals surface area (Å²) < 4.78 is 23.3. The molecular formula is C19H23N3O3S. The Kier molecular flexibility index (Phi) is 5.27. The van der Waals surface area contributed by atoms with E-state index in [9.17, 15) is 13.2 Å². The molecule has 0 bridgehead atoms. The molecule has 7 heteroatoms. The van der Waals surface area contributed by atoms with Crippen LogP contribution in [0.5, 0.6) is 0 Å². The molecule has 138 valence electrons. The largest absolute Gasteiger partial charge is 0.364 e. The molecule has 2 heterocycles. The lowest BCUT2D eigenvalue weighted by molar-refractivity contribution is 0.0747. The van der Waals surface area contributed by atoms with Crippen molar-refractivity contribution in [2.75, 3.05) is 23.9 Å². The lowest BCUT2D eigenvalue weighted by Crippen LogP contribution is -2.37. The molecule has 0 spiro atoms. The topological polar surface area (TPSA) is 79.4 Å². The number of carbonyl (C=O) groups excluding carboxylic acids is 1. The maximum Gasteiger partial charge on any atom is 0.254 e. The molecule has 1 fully saturated rings. The fourth-order valence-electron chi connectivity index (χ4n) is 3.14. The summed E-state index contributed by atoms with van der Waals surface area (Å²) in [7, 11) is -1.37. The Balaban J connectivity index is 1.71. The zero-order valence-corrected chi connectivity index (χ0v) is 15.7. The summed E-state index contributed by atoms with van der Waals surface area (Å²) in [4.78, 5) is 18.5. The fraction of sp³-hybridized carbons (Fsp3) is 0.368. The second-order valence-electron chi connectivity index (χ2n) is 6.68. The first-order valence-corrected chi connectivity index (χ1v) is 10.4. The van der Waals surface area contributed by atoms with Crippen molar-refractivity contribution in [3.05, 3.63) is 59.8 Å². The number of amides is 1. The van der Waals surface area contributed by atoms with Crippen LogP contribution in [0.2, 0.25) is 0 Å². The van der Waals surface area contributed by atoms with Gasteiger partial charge in [0.2, 0.25) is 0 Å². The highest BCUT2D eigenvalue weighted by molar-refractivity contribution is 7.91. The van der Waals surface area contributed by atoms with Gasteiger partial charge >= 0.3 is 0 Å². The number of nitrogens with zero attached hydrogens (tertiary/aromatic N) is 2. The van der Waals surface area contributed by atoms with E-state index >= 15 is 0 Å². The number of sulfone groups is 1. The number of rotatable bonds is 5. The molecular weight excluding hydrogens is 350 g/mol. The fourth-order valence-corrected chi connectivity index (χ4v) is 4.91. The summed E-state index contributed by atoms with van der Waals surface area (Å²) >= 11 is 0. The van der Waals surface area contributed by atoms with Crippen LogP contribution in [-0.4, -0.2) is 48.8 Å². The first kappa shape index (κ1) is 18.4. The predicted octanol–water partition coefficient (Wildman–Crippen LogP) is 2.51. The van der Waals surface area contributed by atoms with Gasteiger partial charge in [-0.3, -0.25) is 4.79 Å². The number of carbonyl (C=O) groups is 1. The van der Waals surface area contributed by atoms with Crippen LogP contribution in [0, 0.1) is 0 Å². The van der Waals surface area contributed by atoms with Gasteiger partial charge in [0, 0.05) is 30.9 Å². The number of nitrogens with one attached hydrogen (secondary N) is 1. The Bertz CT molecular complexity index is 884. The van der Waals surface area contributed by atoms with Crippen LogP contribution in [0.4, 0.5) is 5.82 Å². The van der Waals surface area contributed by atoms with E-state index in [1.807, 2.05) is 37.3 Å². The van der Waals surface area contributed by atoms with Crippen molar-refractivity contribution in [2.24, 2.45) is 0 Å². The van der Waals surface area contributed by atoms with Crippen molar-refractivity contribution in [3.8, 4) is 0 Å². The second-order valence-corrected chi connectivity index (χ2v) is 8.91. The number of hydrogen-bond donors (Lipinski definition) is 1. The molecule has 1 amide bonds. The van der Waals surface area contributed by atoms with Crippen LogP contribution in [-0.2, 0) is 9.84 Å². The van der Waals surface area contributed by atoms with Gasteiger partial charge in [0.15, 0.2) is 9.84 Å². The average molecular weight is 373 g/mol. The molecule has 1 saturated heterocycles. The maximum absolute atomic E-state index is 12.7. The highest BCUT2D eigenvalue weighted by Crippen LogP contribution is 2.21. The number of benzene rings is 1. The zero-order valence-electron chi connectivity index (χ0n) is 14.9. The minimum Gasteiger partial charge on any atom is -0.364 e. The van der Waals surface area contributed by atoms with Crippen molar-refractivity contribution < 1.29 is 13.2 Å². The van der Waals surface area contributed by atoms with Gasteiger partial charge in [0.05, 0.1) is 11.5 Å². The molecule has 26 heavy (non-hydrogen) atoms. The number of aromatic nitrogens is 1. The van der Waals surface area contributed by atoms with E-state index in [4.69, 9.17) is 0 Å². The van der Waals surface area contributed by atoms with Crippen LogP contribution in [0.25, 0.3) is 0 Å². The molecule has 0 radical (unpaired) electrons. The first-order valence-electron chi connectivity index (χ1n) is 8.61. The lowest BCUT2D eigenvalue weighted by atomic mass is 10.1. The molecule has 2 aromatic rings. The third-order valence-electron chi connectivity index (χ3n) is 4.75. The van der Waals surface area contributed by atoms with Crippen LogP contribution in [0.15, 0.2) is 48.7 Å². The van der Waals surface area contributed by atoms with Crippen molar-refractivity contribution in [2.45, 2.75) is 25.4 Å². The van der Waals surface area contributed by atoms with E-state index < -0.39 is 9.84 Å². The summed E-state index contributed by atoms with van der Waals surface area (Å²) in [5.74, 6) is 0.605. The van der Waals surface area contributed by atoms with Gasteiger partial charge in [-0.25, -0.2) is 13.4 Å². The summed E-state index contributed by atoms with van der Waals surface area (Å²) in [5.41, 5.74) is 1.62. The van der Waals surface area contributed by atoms with Crippen LogP contribution < -0.4 is 5.32 Å². The Labute approximate surface area is 154 Å². The van der Waals surface area contributed by atoms with E-state index in [1.54, 1.807) is 25.4 Å². The van der Waals surface area contributed by atoms with E-state index in [2.05, 4.69) is 10.3 Å². The van der Waals surface area contributed by atoms with E-state index in [0.717, 1.165) is 5.56 Å². The predicted molar refractivity (Wildman–Crippen MR) is 102 cm³/mol. The monoisotopic (exact) mass is 373 g/mol. The number of hydrogen-bond acceptors (Lipinski definition) is 5. The highest BCUT2D eigenvalue weighted by Gasteiger charge is 2.33. The number of pyridine rings is 1. The van der Waals surface area contributed by atoms with Gasteiger partial charge in [-0.15, -0.1) is 0 Å². The minimum atomic E-state index is -3.03. The van der Waals surface area contributed by atoms with Crippen LogP contribution in [0.3, 0.4) is 0 Å². The number of anilines is 1. The molecule has 1 aliphatic heterocycles. The van der Waals surface area contributed by atoms with Gasteiger partial charge in [0.25, 0.3) is 5.91 Å². The van der Waals surface area contributed by atoms with E-state index in [1.165, 1.54) is 4.90 Å². The van der Waals surface area contributed by atoms with Gasteiger partial charge in [-0.2, -0.15) is 0 Å². The second kappa shape index (κ2) is 7.45. The normalized spacial score (nSPS) is 19.7. The highest BCUT2D eigenvalue weighted by atomic mass is 32.2. The molecule has 1 N–H and O–H groups in total. The smallest absolute Gasteiger partial charge is 0.254 e. The van der Waals surface area contributed by atoms with Gasteiger partial charge < -0.3 is 10.2 Å². The first-order chi connectivity index (χ1) is 12.4. The Morgan fingerprint density at radius 2 is 2.00 bits per heavy atom. The molecule has 0 saturated carbocycles. The van der Waals surface area contributed by atoms with E-state index in [-0.39, 0.29) is 29.5 Å². The lowest BCUT2D eigenvalue weighted by Gasteiger charge is -2.23. The molecule has 6 nitrogen and oxygen atoms in total. The van der Waals surface area contributed by atoms with Crippen molar-refractivity contribution in [3.63, 3.8) is 0 Å². The molecule has 1 aromatic carbocycles. The molecule has 2 atom stereocenters. The zero-order chi connectivity index (χ0) is 18.7. The third-order valence-corrected chi connectivity index (χ3v) is 6.50. The van der Waals surface area contributed by atoms with Crippen LogP contribution >= 0.6 is 0 Å². The molecule has 2 unspecified atom stereocenters. The summed E-state index contributed by atoms with van der Waals surface area (Å²) in [6.45, 7) is 2.03. The minimum absolute atomic E-state index is 0.0382. The van der Waals surface area contributed by atoms with Gasteiger partial charge in [-0.1, -0.05) is 30.3 Å². The summed E-state index contributed by atoms with van der Waals surface area (Å²) in [6.07, 6.45) is 2.08. The van der Waals surface area contributed by atoms with Gasteiger partial charge in [0.1, 0.15) is 5.82 Å². The SMILES string of the molecule is CC(Nc1cc(C(=O)N(C)C2CCS(=O)(=O)C2)ccn1)c1ccccc1. The summed E-state index contributed by atoms with van der Waals surface area (Å²) in [6, 6.07) is 13.1. The molecule has 1 aromatic heterocycles. The van der Waals surface area contributed by atoms with Crippen LogP contribution in [0.1, 0.15) is 35.3 Å².